The van der Waals surface area contributed by atoms with Crippen molar-refractivity contribution in [3.63, 3.8) is 0 Å². The summed E-state index contributed by atoms with van der Waals surface area (Å²) >= 11 is 0. The van der Waals surface area contributed by atoms with E-state index in [0.29, 0.717) is 6.54 Å². The number of methoxy groups -OCH3 is 1. The first-order chi connectivity index (χ1) is 8.69. The SMILES string of the molecule is COC(=O)c1cc(CCCCN=[N+]=[N-])ccc1O. The number of rotatable bonds is 6. The number of azide groups is 1. The van der Waals surface area contributed by atoms with E-state index in [2.05, 4.69) is 14.8 Å². The van der Waals surface area contributed by atoms with Gasteiger partial charge in [0.15, 0.2) is 0 Å². The van der Waals surface area contributed by atoms with Gasteiger partial charge in [-0.25, -0.2) is 4.79 Å². The molecule has 1 aromatic rings. The van der Waals surface area contributed by atoms with Crippen molar-refractivity contribution in [2.45, 2.75) is 19.3 Å². The molecule has 0 amide bonds. The normalized spacial score (nSPS) is 9.61. The Morgan fingerprint density at radius 1 is 1.50 bits per heavy atom. The highest BCUT2D eigenvalue weighted by atomic mass is 16.5. The van der Waals surface area contributed by atoms with Crippen LogP contribution in [0.1, 0.15) is 28.8 Å². The number of unbranched alkanes of at least 4 members (excludes halogenated alkanes) is 1. The molecule has 0 radical (unpaired) electrons. The van der Waals surface area contributed by atoms with Crippen molar-refractivity contribution in [3.05, 3.63) is 39.8 Å². The molecule has 0 atom stereocenters. The lowest BCUT2D eigenvalue weighted by Crippen LogP contribution is -2.02. The number of carbonyl (C=O) groups excluding carboxylic acids is 1. The Labute approximate surface area is 105 Å². The molecule has 0 aliphatic rings. The summed E-state index contributed by atoms with van der Waals surface area (Å²) in [5, 5.41) is 13.0. The van der Waals surface area contributed by atoms with Gasteiger partial charge in [-0.05, 0) is 42.5 Å². The zero-order valence-electron chi connectivity index (χ0n) is 10.2. The summed E-state index contributed by atoms with van der Waals surface area (Å²) in [6.07, 6.45) is 2.40. The van der Waals surface area contributed by atoms with Crippen molar-refractivity contribution in [3.8, 4) is 5.75 Å². The Kier molecular flexibility index (Phi) is 5.54. The molecule has 0 saturated heterocycles. The van der Waals surface area contributed by atoms with E-state index in [1.165, 1.54) is 13.2 Å². The number of aryl methyl sites for hydroxylation is 1. The maximum Gasteiger partial charge on any atom is 0.341 e. The molecule has 0 unspecified atom stereocenters. The van der Waals surface area contributed by atoms with E-state index in [1.54, 1.807) is 12.1 Å². The van der Waals surface area contributed by atoms with Crippen molar-refractivity contribution in [2.75, 3.05) is 13.7 Å². The molecule has 0 aromatic heterocycles. The minimum Gasteiger partial charge on any atom is -0.507 e. The number of nitrogens with zero attached hydrogens (tertiary/aromatic N) is 3. The standard InChI is InChI=1S/C12H15N3O3/c1-18-12(17)10-8-9(5-6-11(10)16)4-2-3-7-14-15-13/h5-6,8,16H,2-4,7H2,1H3. The molecular weight excluding hydrogens is 234 g/mol. The Morgan fingerprint density at radius 3 is 2.94 bits per heavy atom. The Balaban J connectivity index is 2.61. The van der Waals surface area contributed by atoms with Gasteiger partial charge >= 0.3 is 5.97 Å². The van der Waals surface area contributed by atoms with E-state index < -0.39 is 5.97 Å². The lowest BCUT2D eigenvalue weighted by Gasteiger charge is -2.06. The van der Waals surface area contributed by atoms with E-state index in [1.807, 2.05) is 0 Å². The third kappa shape index (κ3) is 3.99. The molecule has 0 spiro atoms. The molecule has 96 valence electrons. The molecule has 18 heavy (non-hydrogen) atoms. The summed E-state index contributed by atoms with van der Waals surface area (Å²) in [5.41, 5.74) is 9.23. The topological polar surface area (TPSA) is 95.3 Å². The number of phenolic OH excluding ortho intramolecular Hbond substituents is 1. The quantitative estimate of drug-likeness (QED) is 0.276. The third-order valence-electron chi connectivity index (χ3n) is 2.50. The highest BCUT2D eigenvalue weighted by Crippen LogP contribution is 2.20. The molecule has 0 aliphatic carbocycles. The van der Waals surface area contributed by atoms with Gasteiger partial charge in [0.05, 0.1) is 7.11 Å². The number of aromatic hydroxyl groups is 1. The average molecular weight is 249 g/mol. The smallest absolute Gasteiger partial charge is 0.341 e. The molecule has 6 heteroatoms. The molecule has 1 rings (SSSR count). The predicted octanol–water partition coefficient (Wildman–Crippen LogP) is 2.81. The van der Waals surface area contributed by atoms with Crippen LogP contribution in [0.5, 0.6) is 5.75 Å². The number of esters is 1. The molecule has 0 saturated carbocycles. The van der Waals surface area contributed by atoms with Crippen LogP contribution < -0.4 is 0 Å². The largest absolute Gasteiger partial charge is 0.507 e. The maximum atomic E-state index is 11.4. The average Bonchev–Trinajstić information content (AvgIpc) is 2.39. The van der Waals surface area contributed by atoms with Gasteiger partial charge in [0.1, 0.15) is 11.3 Å². The summed E-state index contributed by atoms with van der Waals surface area (Å²) in [6, 6.07) is 4.86. The maximum absolute atomic E-state index is 11.4. The highest BCUT2D eigenvalue weighted by molar-refractivity contribution is 5.92. The van der Waals surface area contributed by atoms with Crippen molar-refractivity contribution >= 4 is 5.97 Å². The second-order valence-electron chi connectivity index (χ2n) is 3.75. The molecule has 0 heterocycles. The van der Waals surface area contributed by atoms with Crippen LogP contribution in [0.4, 0.5) is 0 Å². The number of hydrogen-bond donors (Lipinski definition) is 1. The van der Waals surface area contributed by atoms with Crippen LogP contribution in [0.2, 0.25) is 0 Å². The minimum absolute atomic E-state index is 0.0836. The van der Waals surface area contributed by atoms with Gasteiger partial charge in [-0.15, -0.1) is 0 Å². The summed E-state index contributed by atoms with van der Waals surface area (Å²) in [4.78, 5) is 14.0. The van der Waals surface area contributed by atoms with E-state index in [4.69, 9.17) is 5.53 Å². The Hall–Kier alpha value is -2.20. The van der Waals surface area contributed by atoms with Gasteiger partial charge < -0.3 is 9.84 Å². The van der Waals surface area contributed by atoms with Crippen molar-refractivity contribution in [1.82, 2.24) is 0 Å². The molecule has 0 aliphatic heterocycles. The lowest BCUT2D eigenvalue weighted by atomic mass is 10.0. The van der Waals surface area contributed by atoms with Gasteiger partial charge in [-0.2, -0.15) is 0 Å². The van der Waals surface area contributed by atoms with Crippen LogP contribution in [-0.4, -0.2) is 24.7 Å². The lowest BCUT2D eigenvalue weighted by molar-refractivity contribution is 0.0597. The van der Waals surface area contributed by atoms with Crippen molar-refractivity contribution < 1.29 is 14.6 Å². The summed E-state index contributed by atoms with van der Waals surface area (Å²) < 4.78 is 4.58. The Morgan fingerprint density at radius 2 is 2.28 bits per heavy atom. The molecular formula is C12H15N3O3. The number of carbonyl (C=O) groups is 1. The fourth-order valence-corrected chi connectivity index (χ4v) is 1.57. The van der Waals surface area contributed by atoms with E-state index in [9.17, 15) is 9.90 Å². The number of phenols is 1. The van der Waals surface area contributed by atoms with Crippen molar-refractivity contribution in [2.24, 2.45) is 5.11 Å². The number of ether oxygens (including phenoxy) is 1. The number of hydrogen-bond acceptors (Lipinski definition) is 4. The second-order valence-corrected chi connectivity index (χ2v) is 3.75. The molecule has 1 aromatic carbocycles. The first-order valence-electron chi connectivity index (χ1n) is 5.60. The summed E-state index contributed by atoms with van der Waals surface area (Å²) in [7, 11) is 1.27. The van der Waals surface area contributed by atoms with Crippen LogP contribution in [0.3, 0.4) is 0 Å². The van der Waals surface area contributed by atoms with Gasteiger partial charge in [-0.1, -0.05) is 11.2 Å². The molecule has 6 nitrogen and oxygen atoms in total. The monoisotopic (exact) mass is 249 g/mol. The van der Waals surface area contributed by atoms with Crippen LogP contribution in [0, 0.1) is 0 Å². The zero-order valence-corrected chi connectivity index (χ0v) is 10.2. The zero-order chi connectivity index (χ0) is 13.4. The van der Waals surface area contributed by atoms with E-state index >= 15 is 0 Å². The number of benzene rings is 1. The third-order valence-corrected chi connectivity index (χ3v) is 2.50. The van der Waals surface area contributed by atoms with Crippen molar-refractivity contribution in [1.29, 1.82) is 0 Å². The summed E-state index contributed by atoms with van der Waals surface area (Å²) in [6.45, 7) is 0.471. The van der Waals surface area contributed by atoms with Gasteiger partial charge in [0, 0.05) is 11.5 Å². The molecule has 0 bridgehead atoms. The predicted molar refractivity (Wildman–Crippen MR) is 66.4 cm³/mol. The first-order valence-corrected chi connectivity index (χ1v) is 5.60. The second kappa shape index (κ2) is 7.19. The fourth-order valence-electron chi connectivity index (χ4n) is 1.57. The van der Waals surface area contributed by atoms with Crippen LogP contribution in [0.25, 0.3) is 10.4 Å². The van der Waals surface area contributed by atoms with E-state index in [0.717, 1.165) is 24.8 Å². The van der Waals surface area contributed by atoms with Crippen LogP contribution >= 0.6 is 0 Å². The van der Waals surface area contributed by atoms with Gasteiger partial charge in [0.25, 0.3) is 0 Å². The molecule has 0 fully saturated rings. The minimum atomic E-state index is -0.552. The van der Waals surface area contributed by atoms with Gasteiger partial charge in [0.2, 0.25) is 0 Å². The van der Waals surface area contributed by atoms with E-state index in [-0.39, 0.29) is 11.3 Å². The fraction of sp³-hybridized carbons (Fsp3) is 0.417. The van der Waals surface area contributed by atoms with Gasteiger partial charge in [-0.3, -0.25) is 0 Å². The highest BCUT2D eigenvalue weighted by Gasteiger charge is 2.11. The first kappa shape index (κ1) is 13.9. The van der Waals surface area contributed by atoms with Crippen LogP contribution in [-0.2, 0) is 11.2 Å². The summed E-state index contributed by atoms with van der Waals surface area (Å²) in [5.74, 6) is -0.636. The Bertz CT molecular complexity index is 468. The van der Waals surface area contributed by atoms with Crippen LogP contribution in [0.15, 0.2) is 23.3 Å². The molecule has 1 N–H and O–H groups in total.